The maximum absolute atomic E-state index is 6.66. The van der Waals surface area contributed by atoms with Crippen LogP contribution in [0.3, 0.4) is 0 Å². The summed E-state index contributed by atoms with van der Waals surface area (Å²) in [5.74, 6) is 0. The van der Waals surface area contributed by atoms with E-state index in [2.05, 4.69) is 193 Å². The van der Waals surface area contributed by atoms with E-state index in [4.69, 9.17) is 8.83 Å². The van der Waals surface area contributed by atoms with Crippen LogP contribution in [0, 0.1) is 0 Å². The van der Waals surface area contributed by atoms with Gasteiger partial charge in [0.15, 0.2) is 0 Å². The van der Waals surface area contributed by atoms with Crippen LogP contribution >= 0.6 is 0 Å². The topological polar surface area (TPSA) is 29.5 Å². The normalized spacial score (nSPS) is 11.6. The molecule has 0 saturated heterocycles. The molecule has 11 rings (SSSR count). The predicted molar refractivity (Wildman–Crippen MR) is 229 cm³/mol. The van der Waals surface area contributed by atoms with Crippen molar-refractivity contribution in [1.29, 1.82) is 0 Å². The van der Waals surface area contributed by atoms with Crippen molar-refractivity contribution in [3.8, 4) is 33.4 Å². The van der Waals surface area contributed by atoms with Crippen LogP contribution in [-0.4, -0.2) is 0 Å². The van der Waals surface area contributed by atoms with E-state index in [1.54, 1.807) is 0 Å². The number of benzene rings is 9. The van der Waals surface area contributed by atoms with Crippen LogP contribution in [-0.2, 0) is 0 Å². The van der Waals surface area contributed by atoms with Crippen molar-refractivity contribution in [2.45, 2.75) is 0 Å². The highest BCUT2D eigenvalue weighted by molar-refractivity contribution is 6.19. The van der Waals surface area contributed by atoms with Crippen LogP contribution in [0.2, 0.25) is 0 Å². The van der Waals surface area contributed by atoms with Gasteiger partial charge in [-0.3, -0.25) is 0 Å². The van der Waals surface area contributed by atoms with Gasteiger partial charge in [-0.05, 0) is 112 Å². The Balaban J connectivity index is 0.938. The molecule has 0 unspecified atom stereocenters. The van der Waals surface area contributed by atoms with E-state index in [0.717, 1.165) is 88.6 Å². The van der Waals surface area contributed by atoms with Crippen molar-refractivity contribution in [2.75, 3.05) is 4.90 Å². The first-order chi connectivity index (χ1) is 27.2. The maximum atomic E-state index is 6.66. The Morgan fingerprint density at radius 2 is 0.745 bits per heavy atom. The van der Waals surface area contributed by atoms with Gasteiger partial charge in [0.25, 0.3) is 0 Å². The van der Waals surface area contributed by atoms with Gasteiger partial charge in [-0.25, -0.2) is 0 Å². The summed E-state index contributed by atoms with van der Waals surface area (Å²) in [6.45, 7) is 0. The number of rotatable bonds is 6. The Morgan fingerprint density at radius 1 is 0.273 bits per heavy atom. The number of anilines is 3. The summed E-state index contributed by atoms with van der Waals surface area (Å²) in [5, 5.41) is 6.85. The highest BCUT2D eigenvalue weighted by Crippen LogP contribution is 2.42. The highest BCUT2D eigenvalue weighted by atomic mass is 16.3. The molecule has 0 atom stereocenters. The maximum Gasteiger partial charge on any atom is 0.143 e. The SMILES string of the molecule is c1ccc(-c2cc3c4ccc(-c5ccc(N(c6ccccc6)c6ccc(-c7ccc8c(c7)oc7ccccc78)cc6)cc5)cc4oc3c3ccccc23)cc1. The molecule has 3 nitrogen and oxygen atoms in total. The van der Waals surface area contributed by atoms with Crippen LogP contribution in [0.15, 0.2) is 209 Å². The molecule has 0 aliphatic heterocycles. The second-order valence-electron chi connectivity index (χ2n) is 14.1. The largest absolute Gasteiger partial charge is 0.456 e. The van der Waals surface area contributed by atoms with Gasteiger partial charge in [0.1, 0.15) is 22.3 Å². The molecule has 2 aromatic heterocycles. The number of nitrogens with zero attached hydrogens (tertiary/aromatic N) is 1. The minimum atomic E-state index is 0.886. The van der Waals surface area contributed by atoms with E-state index < -0.39 is 0 Å². The molecule has 0 radical (unpaired) electrons. The van der Waals surface area contributed by atoms with Gasteiger partial charge in [-0.1, -0.05) is 127 Å². The van der Waals surface area contributed by atoms with Crippen LogP contribution < -0.4 is 4.90 Å². The van der Waals surface area contributed by atoms with E-state index in [1.165, 1.54) is 16.5 Å². The number of hydrogen-bond acceptors (Lipinski definition) is 3. The molecule has 0 aliphatic rings. The fourth-order valence-electron chi connectivity index (χ4n) is 8.17. The summed E-state index contributed by atoms with van der Waals surface area (Å²) >= 11 is 0. The summed E-state index contributed by atoms with van der Waals surface area (Å²) in [4.78, 5) is 2.30. The Labute approximate surface area is 317 Å². The molecule has 9 aromatic carbocycles. The number of para-hydroxylation sites is 2. The van der Waals surface area contributed by atoms with Gasteiger partial charge in [-0.2, -0.15) is 0 Å². The average Bonchev–Trinajstić information content (AvgIpc) is 3.82. The molecule has 258 valence electrons. The molecule has 11 aromatic rings. The van der Waals surface area contributed by atoms with E-state index in [1.807, 2.05) is 12.1 Å². The highest BCUT2D eigenvalue weighted by Gasteiger charge is 2.17. The number of fused-ring (bicyclic) bond motifs is 8. The Kier molecular flexibility index (Phi) is 7.17. The molecule has 0 N–H and O–H groups in total. The van der Waals surface area contributed by atoms with Crippen molar-refractivity contribution >= 4 is 71.7 Å². The Bertz CT molecular complexity index is 3180. The second kappa shape index (κ2) is 12.6. The van der Waals surface area contributed by atoms with Gasteiger partial charge in [-0.15, -0.1) is 0 Å². The van der Waals surface area contributed by atoms with E-state index in [0.29, 0.717) is 0 Å². The number of furan rings is 2. The molecule has 55 heavy (non-hydrogen) atoms. The lowest BCUT2D eigenvalue weighted by molar-refractivity contribution is 0.669. The molecule has 0 bridgehead atoms. The molecule has 2 heterocycles. The molecule has 0 fully saturated rings. The van der Waals surface area contributed by atoms with Crippen molar-refractivity contribution in [2.24, 2.45) is 0 Å². The third-order valence-electron chi connectivity index (χ3n) is 10.9. The van der Waals surface area contributed by atoms with Gasteiger partial charge >= 0.3 is 0 Å². The molecule has 0 spiro atoms. The minimum Gasteiger partial charge on any atom is -0.456 e. The van der Waals surface area contributed by atoms with Crippen LogP contribution in [0.25, 0.3) is 88.0 Å². The lowest BCUT2D eigenvalue weighted by Crippen LogP contribution is -2.09. The van der Waals surface area contributed by atoms with E-state index in [-0.39, 0.29) is 0 Å². The van der Waals surface area contributed by atoms with E-state index >= 15 is 0 Å². The fraction of sp³-hybridized carbons (Fsp3) is 0. The van der Waals surface area contributed by atoms with Crippen LogP contribution in [0.5, 0.6) is 0 Å². The first kappa shape index (κ1) is 31.2. The molecular formula is C52H33NO2. The van der Waals surface area contributed by atoms with Crippen molar-refractivity contribution in [1.82, 2.24) is 0 Å². The second-order valence-corrected chi connectivity index (χ2v) is 14.1. The summed E-state index contributed by atoms with van der Waals surface area (Å²) in [5.41, 5.74) is 13.8. The molecule has 0 saturated carbocycles. The lowest BCUT2D eigenvalue weighted by Gasteiger charge is -2.26. The molecule has 3 heteroatoms. The zero-order valence-electron chi connectivity index (χ0n) is 29.8. The summed E-state index contributed by atoms with van der Waals surface area (Å²) in [6.07, 6.45) is 0. The van der Waals surface area contributed by atoms with Gasteiger partial charge < -0.3 is 13.7 Å². The van der Waals surface area contributed by atoms with Gasteiger partial charge in [0.2, 0.25) is 0 Å². The van der Waals surface area contributed by atoms with Crippen molar-refractivity contribution < 1.29 is 8.83 Å². The average molecular weight is 704 g/mol. The first-order valence-electron chi connectivity index (χ1n) is 18.7. The van der Waals surface area contributed by atoms with E-state index in [9.17, 15) is 0 Å². The van der Waals surface area contributed by atoms with Gasteiger partial charge in [0.05, 0.1) is 0 Å². The summed E-state index contributed by atoms with van der Waals surface area (Å²) in [6, 6.07) is 70.9. The molecular weight excluding hydrogens is 671 g/mol. The smallest absolute Gasteiger partial charge is 0.143 e. The zero-order valence-corrected chi connectivity index (χ0v) is 29.8. The zero-order chi connectivity index (χ0) is 36.3. The number of hydrogen-bond donors (Lipinski definition) is 0. The minimum absolute atomic E-state index is 0.886. The first-order valence-corrected chi connectivity index (χ1v) is 18.7. The monoisotopic (exact) mass is 703 g/mol. The van der Waals surface area contributed by atoms with Crippen molar-refractivity contribution in [3.05, 3.63) is 200 Å². The fourth-order valence-corrected chi connectivity index (χ4v) is 8.17. The van der Waals surface area contributed by atoms with Crippen molar-refractivity contribution in [3.63, 3.8) is 0 Å². The van der Waals surface area contributed by atoms with Crippen LogP contribution in [0.1, 0.15) is 0 Å². The summed E-state index contributed by atoms with van der Waals surface area (Å²) in [7, 11) is 0. The Hall–Kier alpha value is -7.36. The quantitative estimate of drug-likeness (QED) is 0.173. The standard InChI is InChI=1S/C52H33NO2/c1-3-11-36(12-4-1)47-33-48-45-30-24-38(32-51(45)55-52(48)46-17-8-7-15-42(46)47)35-21-27-41(28-22-35)53(39-13-5-2-6-14-39)40-25-19-34(20-26-40)37-23-29-44-43-16-9-10-18-49(43)54-50(44)31-37/h1-33H. The third-order valence-corrected chi connectivity index (χ3v) is 10.9. The molecule has 0 amide bonds. The summed E-state index contributed by atoms with van der Waals surface area (Å²) < 4.78 is 12.8. The molecule has 0 aliphatic carbocycles. The van der Waals surface area contributed by atoms with Gasteiger partial charge in [0, 0.05) is 44.0 Å². The van der Waals surface area contributed by atoms with Crippen LogP contribution in [0.4, 0.5) is 17.1 Å². The predicted octanol–water partition coefficient (Wildman–Crippen LogP) is 15.1. The third kappa shape index (κ3) is 5.28. The lowest BCUT2D eigenvalue weighted by atomic mass is 9.95. The Morgan fingerprint density at radius 3 is 1.40 bits per heavy atom.